The Hall–Kier alpha value is -2.48. The number of benzene rings is 2. The molecule has 6 nitrogen and oxygen atoms in total. The first kappa shape index (κ1) is 18.3. The third-order valence-corrected chi connectivity index (χ3v) is 5.01. The maximum Gasteiger partial charge on any atom is 0.238 e. The number of aromatic nitrogens is 2. The molecule has 0 amide bonds. The average Bonchev–Trinajstić information content (AvgIpc) is 3.04. The van der Waals surface area contributed by atoms with E-state index in [0.717, 1.165) is 35.5 Å². The fourth-order valence-electron chi connectivity index (χ4n) is 2.68. The monoisotopic (exact) mass is 370 g/mol. The average molecular weight is 370 g/mol. The SMILES string of the molecule is CN(C)CCn1cc(-c2ccccc2)c(-c2ccc(S(N)(=O)=O)cc2)n1. The third-order valence-electron chi connectivity index (χ3n) is 4.08. The van der Waals surface area contributed by atoms with E-state index in [1.165, 1.54) is 12.1 Å². The molecule has 3 rings (SSSR count). The van der Waals surface area contributed by atoms with Crippen LogP contribution in [0.25, 0.3) is 22.4 Å². The topological polar surface area (TPSA) is 81.2 Å². The summed E-state index contributed by atoms with van der Waals surface area (Å²) in [4.78, 5) is 2.19. The van der Waals surface area contributed by atoms with E-state index >= 15 is 0 Å². The smallest absolute Gasteiger partial charge is 0.238 e. The highest BCUT2D eigenvalue weighted by Crippen LogP contribution is 2.31. The van der Waals surface area contributed by atoms with Crippen molar-refractivity contribution in [3.05, 3.63) is 60.8 Å². The number of sulfonamides is 1. The first-order valence-electron chi connectivity index (χ1n) is 8.25. The molecule has 0 radical (unpaired) electrons. The van der Waals surface area contributed by atoms with Crippen molar-refractivity contribution in [1.82, 2.24) is 14.7 Å². The zero-order valence-corrected chi connectivity index (χ0v) is 15.6. The lowest BCUT2D eigenvalue weighted by Gasteiger charge is -2.08. The van der Waals surface area contributed by atoms with Gasteiger partial charge in [-0.3, -0.25) is 4.68 Å². The Morgan fingerprint density at radius 2 is 1.65 bits per heavy atom. The number of nitrogens with two attached hydrogens (primary N) is 1. The van der Waals surface area contributed by atoms with Gasteiger partial charge in [-0.15, -0.1) is 0 Å². The summed E-state index contributed by atoms with van der Waals surface area (Å²) in [6.07, 6.45) is 2.03. The van der Waals surface area contributed by atoms with Gasteiger partial charge in [0.25, 0.3) is 0 Å². The van der Waals surface area contributed by atoms with E-state index in [1.54, 1.807) is 12.1 Å². The molecule has 0 saturated carbocycles. The maximum atomic E-state index is 11.5. The van der Waals surface area contributed by atoms with E-state index in [2.05, 4.69) is 4.90 Å². The molecule has 26 heavy (non-hydrogen) atoms. The molecule has 2 N–H and O–H groups in total. The van der Waals surface area contributed by atoms with E-state index in [4.69, 9.17) is 10.2 Å². The molecule has 136 valence electrons. The van der Waals surface area contributed by atoms with Gasteiger partial charge in [0.15, 0.2) is 0 Å². The minimum Gasteiger partial charge on any atom is -0.308 e. The highest BCUT2D eigenvalue weighted by molar-refractivity contribution is 7.89. The van der Waals surface area contributed by atoms with Crippen LogP contribution in [-0.2, 0) is 16.6 Å². The van der Waals surface area contributed by atoms with Gasteiger partial charge in [-0.2, -0.15) is 5.10 Å². The van der Waals surface area contributed by atoms with Crippen LogP contribution >= 0.6 is 0 Å². The number of rotatable bonds is 6. The Labute approximate surface area is 153 Å². The molecular weight excluding hydrogens is 348 g/mol. The first-order chi connectivity index (χ1) is 12.3. The van der Waals surface area contributed by atoms with Gasteiger partial charge in [0.2, 0.25) is 10.0 Å². The van der Waals surface area contributed by atoms with Gasteiger partial charge in [0.1, 0.15) is 5.69 Å². The zero-order valence-electron chi connectivity index (χ0n) is 14.8. The fraction of sp³-hybridized carbons (Fsp3) is 0.211. The van der Waals surface area contributed by atoms with Gasteiger partial charge < -0.3 is 4.90 Å². The molecule has 0 unspecified atom stereocenters. The van der Waals surface area contributed by atoms with E-state index < -0.39 is 10.0 Å². The summed E-state index contributed by atoms with van der Waals surface area (Å²) in [6.45, 7) is 1.64. The van der Waals surface area contributed by atoms with Gasteiger partial charge >= 0.3 is 0 Å². The molecule has 0 spiro atoms. The van der Waals surface area contributed by atoms with Gasteiger partial charge in [-0.05, 0) is 31.8 Å². The van der Waals surface area contributed by atoms with Crippen molar-refractivity contribution in [2.45, 2.75) is 11.4 Å². The van der Waals surface area contributed by atoms with E-state index in [9.17, 15) is 8.42 Å². The van der Waals surface area contributed by atoms with E-state index in [-0.39, 0.29) is 4.90 Å². The molecule has 0 fully saturated rings. The van der Waals surface area contributed by atoms with E-state index in [1.807, 2.05) is 55.3 Å². The van der Waals surface area contributed by atoms with Crippen molar-refractivity contribution in [2.24, 2.45) is 5.14 Å². The Morgan fingerprint density at radius 1 is 1.00 bits per heavy atom. The van der Waals surface area contributed by atoms with Crippen LogP contribution in [0.4, 0.5) is 0 Å². The quantitative estimate of drug-likeness (QED) is 0.722. The Bertz CT molecular complexity index is 978. The maximum absolute atomic E-state index is 11.5. The molecule has 7 heteroatoms. The summed E-state index contributed by atoms with van der Waals surface area (Å²) in [6, 6.07) is 16.5. The third kappa shape index (κ3) is 4.19. The molecule has 0 aliphatic heterocycles. The molecule has 2 aromatic carbocycles. The largest absolute Gasteiger partial charge is 0.308 e. The van der Waals surface area contributed by atoms with Crippen LogP contribution in [0.1, 0.15) is 0 Å². The summed E-state index contributed by atoms with van der Waals surface area (Å²) in [5.41, 5.74) is 3.73. The molecule has 1 aromatic heterocycles. The van der Waals surface area contributed by atoms with Gasteiger partial charge in [-0.1, -0.05) is 42.5 Å². The summed E-state index contributed by atoms with van der Waals surface area (Å²) >= 11 is 0. The first-order valence-corrected chi connectivity index (χ1v) is 9.80. The van der Waals surface area contributed by atoms with Crippen molar-refractivity contribution in [3.63, 3.8) is 0 Å². The van der Waals surface area contributed by atoms with Gasteiger partial charge in [0.05, 0.1) is 11.4 Å². The lowest BCUT2D eigenvalue weighted by Crippen LogP contribution is -2.18. The molecule has 0 atom stereocenters. The Balaban J connectivity index is 2.04. The lowest BCUT2D eigenvalue weighted by molar-refractivity contribution is 0.373. The number of primary sulfonamides is 1. The summed E-state index contributed by atoms with van der Waals surface area (Å²) in [5.74, 6) is 0. The van der Waals surface area contributed by atoms with Crippen LogP contribution < -0.4 is 5.14 Å². The minimum absolute atomic E-state index is 0.0922. The van der Waals surface area contributed by atoms with Gasteiger partial charge in [0, 0.05) is 23.9 Å². The van der Waals surface area contributed by atoms with Crippen LogP contribution in [-0.4, -0.2) is 43.7 Å². The van der Waals surface area contributed by atoms with Crippen molar-refractivity contribution in [2.75, 3.05) is 20.6 Å². The highest BCUT2D eigenvalue weighted by Gasteiger charge is 2.14. The molecule has 0 bridgehead atoms. The van der Waals surface area contributed by atoms with Crippen LogP contribution in [0, 0.1) is 0 Å². The van der Waals surface area contributed by atoms with Crippen molar-refractivity contribution < 1.29 is 8.42 Å². The zero-order chi connectivity index (χ0) is 18.7. The highest BCUT2D eigenvalue weighted by atomic mass is 32.2. The van der Waals surface area contributed by atoms with Crippen LogP contribution in [0.15, 0.2) is 65.7 Å². The van der Waals surface area contributed by atoms with Gasteiger partial charge in [-0.25, -0.2) is 13.6 Å². The molecule has 0 aliphatic carbocycles. The number of hydrogen-bond donors (Lipinski definition) is 1. The number of likely N-dealkylation sites (N-methyl/N-ethyl adjacent to an activating group) is 1. The second-order valence-corrected chi connectivity index (χ2v) is 7.95. The second-order valence-electron chi connectivity index (χ2n) is 6.39. The van der Waals surface area contributed by atoms with Crippen LogP contribution in [0.2, 0.25) is 0 Å². The van der Waals surface area contributed by atoms with Crippen molar-refractivity contribution in [1.29, 1.82) is 0 Å². The summed E-state index contributed by atoms with van der Waals surface area (Å²) < 4.78 is 24.9. The lowest BCUT2D eigenvalue weighted by atomic mass is 10.0. The number of nitrogens with zero attached hydrogens (tertiary/aromatic N) is 3. The summed E-state index contributed by atoms with van der Waals surface area (Å²) in [7, 11) is 0.337. The van der Waals surface area contributed by atoms with E-state index in [0.29, 0.717) is 0 Å². The second kappa shape index (κ2) is 7.41. The molecule has 3 aromatic rings. The predicted octanol–water partition coefficient (Wildman–Crippen LogP) is 2.43. The molecule has 1 heterocycles. The summed E-state index contributed by atoms with van der Waals surface area (Å²) in [5, 5.41) is 9.92. The molecular formula is C19H22N4O2S. The van der Waals surface area contributed by atoms with Crippen molar-refractivity contribution >= 4 is 10.0 Å². The molecule has 0 aliphatic rings. The standard InChI is InChI=1S/C19H22N4O2S/c1-22(2)12-13-23-14-18(15-6-4-3-5-7-15)19(21-23)16-8-10-17(11-9-16)26(20,24)25/h3-11,14H,12-13H2,1-2H3,(H2,20,24,25). The molecule has 0 saturated heterocycles. The van der Waals surface area contributed by atoms with Crippen molar-refractivity contribution in [3.8, 4) is 22.4 Å². The van der Waals surface area contributed by atoms with Crippen LogP contribution in [0.5, 0.6) is 0 Å². The Morgan fingerprint density at radius 3 is 2.23 bits per heavy atom. The normalized spacial score (nSPS) is 11.8. The van der Waals surface area contributed by atoms with Crippen LogP contribution in [0.3, 0.4) is 0 Å². The fourth-order valence-corrected chi connectivity index (χ4v) is 3.20. The minimum atomic E-state index is -3.71. The predicted molar refractivity (Wildman–Crippen MR) is 103 cm³/mol. The Kier molecular flexibility index (Phi) is 5.22. The number of hydrogen-bond acceptors (Lipinski definition) is 4.